The summed E-state index contributed by atoms with van der Waals surface area (Å²) in [4.78, 5) is 2.67. The Balaban J connectivity index is 2.21. The van der Waals surface area contributed by atoms with E-state index in [2.05, 4.69) is 11.8 Å². The monoisotopic (exact) mass is 311 g/mol. The SMILES string of the molecule is CCN1CCC(N(C)S(=O)(=O)c2cc(N)ccc2C)CC1. The average molecular weight is 311 g/mol. The van der Waals surface area contributed by atoms with E-state index >= 15 is 0 Å². The normalized spacial score (nSPS) is 18.3. The molecule has 5 nitrogen and oxygen atoms in total. The highest BCUT2D eigenvalue weighted by atomic mass is 32.2. The molecule has 0 aliphatic carbocycles. The maximum atomic E-state index is 12.8. The van der Waals surface area contributed by atoms with Crippen molar-refractivity contribution in [1.29, 1.82) is 0 Å². The molecular formula is C15H25N3O2S. The van der Waals surface area contributed by atoms with Crippen molar-refractivity contribution in [2.24, 2.45) is 0 Å². The van der Waals surface area contributed by atoms with Gasteiger partial charge in [0.15, 0.2) is 0 Å². The standard InChI is InChI=1S/C15H25N3O2S/c1-4-18-9-7-14(8-10-18)17(3)21(19,20)15-11-13(16)6-5-12(15)2/h5-6,11,14H,4,7-10,16H2,1-3H3. The molecule has 1 aliphatic rings. The highest BCUT2D eigenvalue weighted by molar-refractivity contribution is 7.89. The minimum atomic E-state index is -3.48. The van der Waals surface area contributed by atoms with Crippen LogP contribution >= 0.6 is 0 Å². The molecule has 2 N–H and O–H groups in total. The Kier molecular flexibility index (Phi) is 4.91. The van der Waals surface area contributed by atoms with Gasteiger partial charge in [-0.3, -0.25) is 0 Å². The van der Waals surface area contributed by atoms with E-state index in [4.69, 9.17) is 5.73 Å². The minimum absolute atomic E-state index is 0.0682. The summed E-state index contributed by atoms with van der Waals surface area (Å²) in [5, 5.41) is 0. The predicted octanol–water partition coefficient (Wildman–Crippen LogP) is 1.68. The Morgan fingerprint density at radius 3 is 2.52 bits per heavy atom. The van der Waals surface area contributed by atoms with E-state index < -0.39 is 10.0 Å². The zero-order valence-corrected chi connectivity index (χ0v) is 13.9. The fraction of sp³-hybridized carbons (Fsp3) is 0.600. The molecule has 0 radical (unpaired) electrons. The van der Waals surface area contributed by atoms with E-state index in [1.807, 2.05) is 0 Å². The molecule has 0 spiro atoms. The van der Waals surface area contributed by atoms with Gasteiger partial charge in [-0.15, -0.1) is 0 Å². The van der Waals surface area contributed by atoms with Gasteiger partial charge < -0.3 is 10.6 Å². The Hall–Kier alpha value is -1.11. The van der Waals surface area contributed by atoms with Crippen molar-refractivity contribution in [2.75, 3.05) is 32.4 Å². The summed E-state index contributed by atoms with van der Waals surface area (Å²) in [6, 6.07) is 5.12. The highest BCUT2D eigenvalue weighted by Crippen LogP contribution is 2.26. The smallest absolute Gasteiger partial charge is 0.243 e. The fourth-order valence-corrected chi connectivity index (χ4v) is 4.52. The second kappa shape index (κ2) is 6.34. The molecule has 0 amide bonds. The molecule has 0 unspecified atom stereocenters. The van der Waals surface area contributed by atoms with Crippen LogP contribution in [0.25, 0.3) is 0 Å². The molecule has 1 aliphatic heterocycles. The first-order chi connectivity index (χ1) is 9.86. The molecule has 1 aromatic rings. The first-order valence-corrected chi connectivity index (χ1v) is 8.86. The molecular weight excluding hydrogens is 286 g/mol. The van der Waals surface area contributed by atoms with Gasteiger partial charge in [-0.2, -0.15) is 4.31 Å². The lowest BCUT2D eigenvalue weighted by Crippen LogP contribution is -2.45. The van der Waals surface area contributed by atoms with E-state index in [1.54, 1.807) is 32.2 Å². The lowest BCUT2D eigenvalue weighted by Gasteiger charge is -2.35. The van der Waals surface area contributed by atoms with Crippen molar-refractivity contribution in [3.05, 3.63) is 23.8 Å². The van der Waals surface area contributed by atoms with Gasteiger partial charge in [0.05, 0.1) is 4.90 Å². The number of hydrogen-bond donors (Lipinski definition) is 1. The van der Waals surface area contributed by atoms with E-state index in [0.717, 1.165) is 38.0 Å². The molecule has 0 atom stereocenters. The Bertz CT molecular complexity index is 593. The third-order valence-electron chi connectivity index (χ3n) is 4.39. The van der Waals surface area contributed by atoms with Gasteiger partial charge in [-0.05, 0) is 57.1 Å². The number of piperidine rings is 1. The van der Waals surface area contributed by atoms with Crippen molar-refractivity contribution in [3.63, 3.8) is 0 Å². The number of aryl methyl sites for hydroxylation is 1. The van der Waals surface area contributed by atoms with Gasteiger partial charge in [-0.1, -0.05) is 13.0 Å². The van der Waals surface area contributed by atoms with Crippen LogP contribution in [0.1, 0.15) is 25.3 Å². The molecule has 21 heavy (non-hydrogen) atoms. The van der Waals surface area contributed by atoms with Crippen LogP contribution in [0, 0.1) is 6.92 Å². The zero-order valence-electron chi connectivity index (χ0n) is 13.0. The number of likely N-dealkylation sites (tertiary alicyclic amines) is 1. The Morgan fingerprint density at radius 1 is 1.33 bits per heavy atom. The van der Waals surface area contributed by atoms with Crippen LogP contribution in [0.3, 0.4) is 0 Å². The number of nitrogens with zero attached hydrogens (tertiary/aromatic N) is 2. The highest BCUT2D eigenvalue weighted by Gasteiger charge is 2.31. The fourth-order valence-electron chi connectivity index (χ4n) is 2.85. The summed E-state index contributed by atoms with van der Waals surface area (Å²) >= 11 is 0. The van der Waals surface area contributed by atoms with E-state index in [1.165, 1.54) is 4.31 Å². The molecule has 6 heteroatoms. The average Bonchev–Trinajstić information content (AvgIpc) is 2.49. The largest absolute Gasteiger partial charge is 0.399 e. The Labute approximate surface area is 127 Å². The maximum Gasteiger partial charge on any atom is 0.243 e. The molecule has 0 aromatic heterocycles. The van der Waals surface area contributed by atoms with Gasteiger partial charge in [0, 0.05) is 18.8 Å². The molecule has 1 fully saturated rings. The van der Waals surface area contributed by atoms with Gasteiger partial charge >= 0.3 is 0 Å². The van der Waals surface area contributed by atoms with Gasteiger partial charge in [0.1, 0.15) is 0 Å². The maximum absolute atomic E-state index is 12.8. The topological polar surface area (TPSA) is 66.6 Å². The van der Waals surface area contributed by atoms with Crippen LogP contribution in [0.5, 0.6) is 0 Å². The number of nitrogen functional groups attached to an aromatic ring is 1. The van der Waals surface area contributed by atoms with E-state index in [9.17, 15) is 8.42 Å². The molecule has 0 saturated carbocycles. The number of hydrogen-bond acceptors (Lipinski definition) is 4. The van der Waals surface area contributed by atoms with E-state index in [-0.39, 0.29) is 6.04 Å². The zero-order chi connectivity index (χ0) is 15.6. The molecule has 1 saturated heterocycles. The molecule has 1 aromatic carbocycles. The molecule has 1 heterocycles. The minimum Gasteiger partial charge on any atom is -0.399 e. The summed E-state index contributed by atoms with van der Waals surface area (Å²) in [6.45, 7) is 6.88. The number of nitrogens with two attached hydrogens (primary N) is 1. The van der Waals surface area contributed by atoms with Crippen LogP contribution in [0.15, 0.2) is 23.1 Å². The molecule has 2 rings (SSSR count). The van der Waals surface area contributed by atoms with Crippen molar-refractivity contribution >= 4 is 15.7 Å². The van der Waals surface area contributed by atoms with Crippen molar-refractivity contribution in [2.45, 2.75) is 37.6 Å². The van der Waals surface area contributed by atoms with Crippen molar-refractivity contribution in [1.82, 2.24) is 9.21 Å². The van der Waals surface area contributed by atoms with Gasteiger partial charge in [0.25, 0.3) is 0 Å². The quantitative estimate of drug-likeness (QED) is 0.859. The lowest BCUT2D eigenvalue weighted by molar-refractivity contribution is 0.176. The third-order valence-corrected chi connectivity index (χ3v) is 6.44. The molecule has 118 valence electrons. The van der Waals surface area contributed by atoms with Crippen molar-refractivity contribution in [3.8, 4) is 0 Å². The van der Waals surface area contributed by atoms with Crippen molar-refractivity contribution < 1.29 is 8.42 Å². The number of rotatable bonds is 4. The van der Waals surface area contributed by atoms with Crippen LogP contribution in [0.2, 0.25) is 0 Å². The lowest BCUT2D eigenvalue weighted by atomic mass is 10.1. The van der Waals surface area contributed by atoms with Crippen LogP contribution in [-0.2, 0) is 10.0 Å². The first-order valence-electron chi connectivity index (χ1n) is 7.42. The first kappa shape index (κ1) is 16.3. The number of benzene rings is 1. The number of sulfonamides is 1. The van der Waals surface area contributed by atoms with E-state index in [0.29, 0.717) is 10.6 Å². The molecule has 0 bridgehead atoms. The van der Waals surface area contributed by atoms with Gasteiger partial charge in [0.2, 0.25) is 10.0 Å². The summed E-state index contributed by atoms with van der Waals surface area (Å²) in [5.41, 5.74) is 6.97. The predicted molar refractivity (Wildman–Crippen MR) is 85.7 cm³/mol. The second-order valence-electron chi connectivity index (χ2n) is 5.71. The summed E-state index contributed by atoms with van der Waals surface area (Å²) < 4.78 is 27.2. The number of anilines is 1. The van der Waals surface area contributed by atoms with Crippen LogP contribution < -0.4 is 5.73 Å². The van der Waals surface area contributed by atoms with Gasteiger partial charge in [-0.25, -0.2) is 8.42 Å². The summed E-state index contributed by atoms with van der Waals surface area (Å²) in [7, 11) is -1.80. The second-order valence-corrected chi connectivity index (χ2v) is 7.68. The summed E-state index contributed by atoms with van der Waals surface area (Å²) in [6.07, 6.45) is 1.76. The third kappa shape index (κ3) is 3.39. The summed E-state index contributed by atoms with van der Waals surface area (Å²) in [5.74, 6) is 0. The Morgan fingerprint density at radius 2 is 1.95 bits per heavy atom. The van der Waals surface area contributed by atoms with Crippen LogP contribution in [-0.4, -0.2) is 50.3 Å². The van der Waals surface area contributed by atoms with Crippen LogP contribution in [0.4, 0.5) is 5.69 Å².